The predicted molar refractivity (Wildman–Crippen MR) is 71.4 cm³/mol. The summed E-state index contributed by atoms with van der Waals surface area (Å²) in [6, 6.07) is 8.36. The zero-order chi connectivity index (χ0) is 13.0. The highest BCUT2D eigenvalue weighted by molar-refractivity contribution is 5.76. The lowest BCUT2D eigenvalue weighted by Gasteiger charge is -2.33. The molecule has 1 unspecified atom stereocenters. The number of carbonyl (C=O) groups excluding carboxylic acids is 1. The van der Waals surface area contributed by atoms with E-state index in [0.717, 1.165) is 18.5 Å². The minimum atomic E-state index is 0.0279. The van der Waals surface area contributed by atoms with E-state index in [1.165, 1.54) is 5.56 Å². The second kappa shape index (κ2) is 6.01. The summed E-state index contributed by atoms with van der Waals surface area (Å²) < 4.78 is 5.77. The van der Waals surface area contributed by atoms with E-state index in [4.69, 9.17) is 4.74 Å². The van der Waals surface area contributed by atoms with E-state index in [0.29, 0.717) is 19.6 Å². The molecule has 0 spiro atoms. The van der Waals surface area contributed by atoms with Gasteiger partial charge in [-0.25, -0.2) is 0 Å². The van der Waals surface area contributed by atoms with Crippen LogP contribution in [-0.4, -0.2) is 30.5 Å². The molecule has 18 heavy (non-hydrogen) atoms. The van der Waals surface area contributed by atoms with E-state index in [2.05, 4.69) is 31.2 Å². The van der Waals surface area contributed by atoms with Gasteiger partial charge in [-0.05, 0) is 18.9 Å². The Morgan fingerprint density at radius 3 is 2.78 bits per heavy atom. The topological polar surface area (TPSA) is 29.5 Å². The monoisotopic (exact) mass is 247 g/mol. The van der Waals surface area contributed by atoms with Crippen molar-refractivity contribution in [3.63, 3.8) is 0 Å². The fourth-order valence-corrected chi connectivity index (χ4v) is 2.23. The van der Waals surface area contributed by atoms with E-state index >= 15 is 0 Å². The third-order valence-electron chi connectivity index (χ3n) is 3.33. The van der Waals surface area contributed by atoms with Crippen LogP contribution in [0.1, 0.15) is 37.0 Å². The van der Waals surface area contributed by atoms with Crippen LogP contribution >= 0.6 is 0 Å². The van der Waals surface area contributed by atoms with Gasteiger partial charge < -0.3 is 9.64 Å². The molecular formula is C15H21NO2. The Labute approximate surface area is 109 Å². The van der Waals surface area contributed by atoms with Crippen molar-refractivity contribution in [1.29, 1.82) is 0 Å². The Hall–Kier alpha value is -1.35. The lowest BCUT2D eigenvalue weighted by molar-refractivity contribution is -0.139. The molecule has 2 rings (SSSR count). The van der Waals surface area contributed by atoms with Crippen molar-refractivity contribution >= 4 is 5.91 Å². The Balaban J connectivity index is 2.02. The SMILES string of the molecule is CCCC(=O)N1CCOC(c2ccc(C)cc2)C1. The molecule has 1 amide bonds. The second-order valence-corrected chi connectivity index (χ2v) is 4.86. The fraction of sp³-hybridized carbons (Fsp3) is 0.533. The van der Waals surface area contributed by atoms with Crippen LogP contribution in [0, 0.1) is 6.92 Å². The average molecular weight is 247 g/mol. The van der Waals surface area contributed by atoms with E-state index < -0.39 is 0 Å². The molecule has 0 saturated carbocycles. The molecule has 0 radical (unpaired) electrons. The quantitative estimate of drug-likeness (QED) is 0.822. The van der Waals surface area contributed by atoms with Crippen molar-refractivity contribution in [2.75, 3.05) is 19.7 Å². The summed E-state index contributed by atoms with van der Waals surface area (Å²) in [7, 11) is 0. The minimum Gasteiger partial charge on any atom is -0.370 e. The number of aryl methyl sites for hydroxylation is 1. The van der Waals surface area contributed by atoms with Gasteiger partial charge in [0.25, 0.3) is 0 Å². The molecule has 3 nitrogen and oxygen atoms in total. The summed E-state index contributed by atoms with van der Waals surface area (Å²) in [4.78, 5) is 13.8. The Morgan fingerprint density at radius 2 is 2.11 bits per heavy atom. The Bertz CT molecular complexity index is 399. The van der Waals surface area contributed by atoms with Crippen LogP contribution in [-0.2, 0) is 9.53 Å². The summed E-state index contributed by atoms with van der Waals surface area (Å²) in [5, 5.41) is 0. The first-order chi connectivity index (χ1) is 8.70. The van der Waals surface area contributed by atoms with Gasteiger partial charge in [0.2, 0.25) is 5.91 Å². The van der Waals surface area contributed by atoms with Crippen LogP contribution in [0.4, 0.5) is 0 Å². The highest BCUT2D eigenvalue weighted by Gasteiger charge is 2.24. The van der Waals surface area contributed by atoms with Gasteiger partial charge >= 0.3 is 0 Å². The number of benzene rings is 1. The van der Waals surface area contributed by atoms with Gasteiger partial charge in [0.05, 0.1) is 13.2 Å². The van der Waals surface area contributed by atoms with Gasteiger partial charge in [-0.1, -0.05) is 36.8 Å². The molecule has 1 fully saturated rings. The van der Waals surface area contributed by atoms with E-state index in [-0.39, 0.29) is 12.0 Å². The molecule has 3 heteroatoms. The molecule has 1 atom stereocenters. The number of nitrogens with zero attached hydrogens (tertiary/aromatic N) is 1. The average Bonchev–Trinajstić information content (AvgIpc) is 2.40. The third kappa shape index (κ3) is 3.10. The molecule has 0 N–H and O–H groups in total. The maximum Gasteiger partial charge on any atom is 0.222 e. The largest absolute Gasteiger partial charge is 0.370 e. The van der Waals surface area contributed by atoms with Crippen LogP contribution in [0.2, 0.25) is 0 Å². The zero-order valence-corrected chi connectivity index (χ0v) is 11.2. The molecule has 0 aliphatic carbocycles. The Kier molecular flexibility index (Phi) is 4.37. The fourth-order valence-electron chi connectivity index (χ4n) is 2.23. The second-order valence-electron chi connectivity index (χ2n) is 4.86. The number of ether oxygens (including phenoxy) is 1. The van der Waals surface area contributed by atoms with E-state index in [9.17, 15) is 4.79 Å². The van der Waals surface area contributed by atoms with Gasteiger partial charge in [0.15, 0.2) is 0 Å². The van der Waals surface area contributed by atoms with Crippen molar-refractivity contribution < 1.29 is 9.53 Å². The smallest absolute Gasteiger partial charge is 0.222 e. The predicted octanol–water partition coefficient (Wildman–Crippen LogP) is 2.70. The summed E-state index contributed by atoms with van der Waals surface area (Å²) in [5.41, 5.74) is 2.41. The van der Waals surface area contributed by atoms with Crippen molar-refractivity contribution in [2.24, 2.45) is 0 Å². The number of carbonyl (C=O) groups is 1. The van der Waals surface area contributed by atoms with Crippen LogP contribution in [0.15, 0.2) is 24.3 Å². The molecular weight excluding hydrogens is 226 g/mol. The summed E-state index contributed by atoms with van der Waals surface area (Å²) in [6.45, 7) is 6.15. The van der Waals surface area contributed by atoms with Crippen LogP contribution < -0.4 is 0 Å². The van der Waals surface area contributed by atoms with Gasteiger partial charge in [-0.15, -0.1) is 0 Å². The third-order valence-corrected chi connectivity index (χ3v) is 3.33. The first-order valence-electron chi connectivity index (χ1n) is 6.66. The van der Waals surface area contributed by atoms with Crippen molar-refractivity contribution in [1.82, 2.24) is 4.90 Å². The number of rotatable bonds is 3. The number of morpholine rings is 1. The Morgan fingerprint density at radius 1 is 1.39 bits per heavy atom. The normalized spacial score (nSPS) is 19.9. The first kappa shape index (κ1) is 13.1. The molecule has 1 aromatic rings. The van der Waals surface area contributed by atoms with E-state index in [1.807, 2.05) is 11.8 Å². The van der Waals surface area contributed by atoms with Gasteiger partial charge in [-0.3, -0.25) is 4.79 Å². The van der Waals surface area contributed by atoms with Crippen molar-refractivity contribution in [3.05, 3.63) is 35.4 Å². The minimum absolute atomic E-state index is 0.0279. The van der Waals surface area contributed by atoms with Crippen molar-refractivity contribution in [3.8, 4) is 0 Å². The highest BCUT2D eigenvalue weighted by atomic mass is 16.5. The molecule has 1 aliphatic rings. The van der Waals surface area contributed by atoms with Gasteiger partial charge in [-0.2, -0.15) is 0 Å². The van der Waals surface area contributed by atoms with Crippen LogP contribution in [0.5, 0.6) is 0 Å². The molecule has 0 aromatic heterocycles. The molecule has 1 aliphatic heterocycles. The maximum atomic E-state index is 11.9. The highest BCUT2D eigenvalue weighted by Crippen LogP contribution is 2.23. The molecule has 1 aromatic carbocycles. The first-order valence-corrected chi connectivity index (χ1v) is 6.66. The summed E-state index contributed by atoms with van der Waals surface area (Å²) >= 11 is 0. The molecule has 0 bridgehead atoms. The van der Waals surface area contributed by atoms with Gasteiger partial charge in [0, 0.05) is 13.0 Å². The molecule has 1 heterocycles. The molecule has 1 saturated heterocycles. The summed E-state index contributed by atoms with van der Waals surface area (Å²) in [5.74, 6) is 0.248. The van der Waals surface area contributed by atoms with Crippen molar-refractivity contribution in [2.45, 2.75) is 32.8 Å². The van der Waals surface area contributed by atoms with E-state index in [1.54, 1.807) is 0 Å². The van der Waals surface area contributed by atoms with Crippen LogP contribution in [0.25, 0.3) is 0 Å². The summed E-state index contributed by atoms with van der Waals surface area (Å²) in [6.07, 6.45) is 1.58. The molecule has 98 valence electrons. The van der Waals surface area contributed by atoms with Crippen LogP contribution in [0.3, 0.4) is 0 Å². The number of amides is 1. The van der Waals surface area contributed by atoms with Gasteiger partial charge in [0.1, 0.15) is 6.10 Å². The zero-order valence-electron chi connectivity index (χ0n) is 11.2. The maximum absolute atomic E-state index is 11.9. The number of hydrogen-bond acceptors (Lipinski definition) is 2. The number of hydrogen-bond donors (Lipinski definition) is 0. The lowest BCUT2D eigenvalue weighted by atomic mass is 10.1. The standard InChI is InChI=1S/C15H21NO2/c1-3-4-15(17)16-9-10-18-14(11-16)13-7-5-12(2)6-8-13/h5-8,14H,3-4,9-11H2,1-2H3. The lowest BCUT2D eigenvalue weighted by Crippen LogP contribution is -2.42.